The number of hydrogen-bond acceptors (Lipinski definition) is 2. The summed E-state index contributed by atoms with van der Waals surface area (Å²) < 4.78 is 5.33. The van der Waals surface area contributed by atoms with Gasteiger partial charge in [-0.2, -0.15) is 0 Å². The van der Waals surface area contributed by atoms with Crippen LogP contribution in [0.15, 0.2) is 0 Å². The molecule has 0 spiro atoms. The van der Waals surface area contributed by atoms with Crippen LogP contribution in [0.3, 0.4) is 0 Å². The van der Waals surface area contributed by atoms with Gasteiger partial charge in [0.2, 0.25) is 0 Å². The molecule has 0 aliphatic carbocycles. The monoisotopic (exact) mass is 131 g/mol. The van der Waals surface area contributed by atoms with Crippen molar-refractivity contribution in [2.45, 2.75) is 26.9 Å². The van der Waals surface area contributed by atoms with Gasteiger partial charge in [-0.15, -0.1) is 0 Å². The standard InChI is InChI=1S/C7H17NO/c1-6(2)5-9-7(3)4-8/h6-7H,4-5,8H2,1-3H3. The summed E-state index contributed by atoms with van der Waals surface area (Å²) in [6.45, 7) is 7.68. The quantitative estimate of drug-likeness (QED) is 0.618. The van der Waals surface area contributed by atoms with Gasteiger partial charge in [-0.1, -0.05) is 13.8 Å². The van der Waals surface area contributed by atoms with Crippen molar-refractivity contribution in [1.82, 2.24) is 0 Å². The summed E-state index contributed by atoms with van der Waals surface area (Å²) in [5.74, 6) is 0.610. The van der Waals surface area contributed by atoms with E-state index in [1.807, 2.05) is 6.92 Å². The second-order valence-electron chi connectivity index (χ2n) is 2.77. The minimum Gasteiger partial charge on any atom is -0.377 e. The van der Waals surface area contributed by atoms with Gasteiger partial charge in [0.25, 0.3) is 0 Å². The minimum atomic E-state index is 0.215. The topological polar surface area (TPSA) is 35.2 Å². The second kappa shape index (κ2) is 4.77. The summed E-state index contributed by atoms with van der Waals surface area (Å²) in [6.07, 6.45) is 0.215. The van der Waals surface area contributed by atoms with Crippen LogP contribution in [0.25, 0.3) is 0 Å². The van der Waals surface area contributed by atoms with E-state index in [2.05, 4.69) is 13.8 Å². The van der Waals surface area contributed by atoms with Gasteiger partial charge in [0, 0.05) is 13.2 Å². The highest BCUT2D eigenvalue weighted by atomic mass is 16.5. The van der Waals surface area contributed by atoms with Crippen LogP contribution in [0.5, 0.6) is 0 Å². The van der Waals surface area contributed by atoms with E-state index in [0.29, 0.717) is 12.5 Å². The molecule has 0 amide bonds. The second-order valence-corrected chi connectivity index (χ2v) is 2.77. The van der Waals surface area contributed by atoms with Gasteiger partial charge in [0.05, 0.1) is 6.10 Å². The summed E-state index contributed by atoms with van der Waals surface area (Å²) in [5.41, 5.74) is 5.33. The number of ether oxygens (including phenoxy) is 1. The zero-order valence-corrected chi connectivity index (χ0v) is 6.55. The smallest absolute Gasteiger partial charge is 0.0669 e. The first-order valence-electron chi connectivity index (χ1n) is 3.48. The Balaban J connectivity index is 3.06. The molecule has 1 unspecified atom stereocenters. The Bertz CT molecular complexity index is 63.9. The molecule has 0 aromatic rings. The van der Waals surface area contributed by atoms with Gasteiger partial charge in [-0.25, -0.2) is 0 Å². The van der Waals surface area contributed by atoms with Crippen LogP contribution in [-0.2, 0) is 4.74 Å². The third-order valence-electron chi connectivity index (χ3n) is 1.05. The molecule has 0 heterocycles. The first kappa shape index (κ1) is 8.92. The van der Waals surface area contributed by atoms with Gasteiger partial charge >= 0.3 is 0 Å². The minimum absolute atomic E-state index is 0.215. The fraction of sp³-hybridized carbons (Fsp3) is 1.00. The fourth-order valence-electron chi connectivity index (χ4n) is 0.425. The molecule has 0 aliphatic rings. The molecular weight excluding hydrogens is 114 g/mol. The van der Waals surface area contributed by atoms with Crippen LogP contribution in [0, 0.1) is 5.92 Å². The molecule has 2 N–H and O–H groups in total. The highest BCUT2D eigenvalue weighted by Gasteiger charge is 1.99. The zero-order valence-electron chi connectivity index (χ0n) is 6.55. The Morgan fingerprint density at radius 1 is 1.33 bits per heavy atom. The molecule has 2 nitrogen and oxygen atoms in total. The van der Waals surface area contributed by atoms with Crippen LogP contribution >= 0.6 is 0 Å². The molecule has 0 rings (SSSR count). The normalized spacial score (nSPS) is 14.3. The van der Waals surface area contributed by atoms with Crippen molar-refractivity contribution in [2.75, 3.05) is 13.2 Å². The lowest BCUT2D eigenvalue weighted by atomic mass is 10.2. The van der Waals surface area contributed by atoms with Gasteiger partial charge in [-0.3, -0.25) is 0 Å². The summed E-state index contributed by atoms with van der Waals surface area (Å²) in [6, 6.07) is 0. The predicted octanol–water partition coefficient (Wildman–Crippen LogP) is 1.01. The summed E-state index contributed by atoms with van der Waals surface area (Å²) in [7, 11) is 0. The molecule has 0 aromatic heterocycles. The predicted molar refractivity (Wildman–Crippen MR) is 39.3 cm³/mol. The van der Waals surface area contributed by atoms with E-state index >= 15 is 0 Å². The molecule has 9 heavy (non-hydrogen) atoms. The Hall–Kier alpha value is -0.0800. The lowest BCUT2D eigenvalue weighted by molar-refractivity contribution is 0.0531. The fourth-order valence-corrected chi connectivity index (χ4v) is 0.425. The summed E-state index contributed by atoms with van der Waals surface area (Å²) in [5, 5.41) is 0. The largest absolute Gasteiger partial charge is 0.377 e. The van der Waals surface area contributed by atoms with Crippen molar-refractivity contribution in [2.24, 2.45) is 11.7 Å². The maximum absolute atomic E-state index is 5.33. The Labute approximate surface area is 57.4 Å². The highest BCUT2D eigenvalue weighted by Crippen LogP contribution is 1.95. The maximum Gasteiger partial charge on any atom is 0.0669 e. The lowest BCUT2D eigenvalue weighted by Gasteiger charge is -2.11. The molecule has 0 saturated heterocycles. The van der Waals surface area contributed by atoms with Crippen molar-refractivity contribution in [3.8, 4) is 0 Å². The van der Waals surface area contributed by atoms with E-state index < -0.39 is 0 Å². The van der Waals surface area contributed by atoms with E-state index in [4.69, 9.17) is 10.5 Å². The van der Waals surface area contributed by atoms with Crippen molar-refractivity contribution >= 4 is 0 Å². The van der Waals surface area contributed by atoms with E-state index in [1.165, 1.54) is 0 Å². The van der Waals surface area contributed by atoms with Crippen molar-refractivity contribution < 1.29 is 4.74 Å². The van der Waals surface area contributed by atoms with E-state index in [-0.39, 0.29) is 6.10 Å². The first-order chi connectivity index (χ1) is 4.16. The average molecular weight is 131 g/mol. The molecule has 0 aliphatic heterocycles. The molecule has 0 fully saturated rings. The number of nitrogens with two attached hydrogens (primary N) is 1. The summed E-state index contributed by atoms with van der Waals surface area (Å²) >= 11 is 0. The van der Waals surface area contributed by atoms with E-state index in [0.717, 1.165) is 6.61 Å². The molecule has 2 heteroatoms. The van der Waals surface area contributed by atoms with Crippen LogP contribution < -0.4 is 5.73 Å². The Morgan fingerprint density at radius 2 is 1.89 bits per heavy atom. The molecule has 1 atom stereocenters. The number of hydrogen-bond donors (Lipinski definition) is 1. The van der Waals surface area contributed by atoms with Gasteiger partial charge < -0.3 is 10.5 Å². The van der Waals surface area contributed by atoms with Crippen molar-refractivity contribution in [1.29, 1.82) is 0 Å². The molecule has 0 aromatic carbocycles. The van der Waals surface area contributed by atoms with Crippen molar-refractivity contribution in [3.05, 3.63) is 0 Å². The molecule has 56 valence electrons. The van der Waals surface area contributed by atoms with Crippen molar-refractivity contribution in [3.63, 3.8) is 0 Å². The average Bonchev–Trinajstić information content (AvgIpc) is 1.83. The SMILES string of the molecule is CC(C)COC(C)CN. The van der Waals surface area contributed by atoms with Gasteiger partial charge in [0.1, 0.15) is 0 Å². The van der Waals surface area contributed by atoms with Crippen LogP contribution in [-0.4, -0.2) is 19.3 Å². The Morgan fingerprint density at radius 3 is 2.22 bits per heavy atom. The molecule has 0 radical (unpaired) electrons. The summed E-state index contributed by atoms with van der Waals surface area (Å²) in [4.78, 5) is 0. The molecule has 0 saturated carbocycles. The highest BCUT2D eigenvalue weighted by molar-refractivity contribution is 4.49. The van der Waals surface area contributed by atoms with Gasteiger partial charge in [-0.05, 0) is 12.8 Å². The lowest BCUT2D eigenvalue weighted by Crippen LogP contribution is -2.21. The first-order valence-corrected chi connectivity index (χ1v) is 3.48. The van der Waals surface area contributed by atoms with E-state index in [9.17, 15) is 0 Å². The van der Waals surface area contributed by atoms with E-state index in [1.54, 1.807) is 0 Å². The van der Waals surface area contributed by atoms with Crippen LogP contribution in [0.1, 0.15) is 20.8 Å². The van der Waals surface area contributed by atoms with Gasteiger partial charge in [0.15, 0.2) is 0 Å². The third-order valence-corrected chi connectivity index (χ3v) is 1.05. The van der Waals surface area contributed by atoms with Crippen LogP contribution in [0.4, 0.5) is 0 Å². The van der Waals surface area contributed by atoms with Crippen LogP contribution in [0.2, 0.25) is 0 Å². The number of rotatable bonds is 4. The zero-order chi connectivity index (χ0) is 7.28. The molecule has 0 bridgehead atoms. The maximum atomic E-state index is 5.33. The third kappa shape index (κ3) is 5.80. The Kier molecular flexibility index (Phi) is 4.72. The molecular formula is C7H17NO.